The van der Waals surface area contributed by atoms with Crippen LogP contribution in [0.3, 0.4) is 0 Å². The van der Waals surface area contributed by atoms with E-state index in [1.54, 1.807) is 6.07 Å². The number of H-pyrrole nitrogens is 2. The summed E-state index contributed by atoms with van der Waals surface area (Å²) in [6.45, 7) is 2.28. The minimum Gasteiger partial charge on any atom is -0.443 e. The lowest BCUT2D eigenvalue weighted by molar-refractivity contribution is 0.0996. The van der Waals surface area contributed by atoms with E-state index in [0.717, 1.165) is 25.7 Å². The van der Waals surface area contributed by atoms with Gasteiger partial charge in [0.15, 0.2) is 0 Å². The molecule has 14 heteroatoms. The van der Waals surface area contributed by atoms with Gasteiger partial charge in [-0.3, -0.25) is 4.79 Å². The van der Waals surface area contributed by atoms with Gasteiger partial charge in [-0.05, 0) is 37.8 Å². The normalized spacial score (nSPS) is 17.5. The number of carbonyl (C=O) groups excluding carboxylic acids is 1. The Bertz CT molecular complexity index is 1330. The molecule has 0 bridgehead atoms. The maximum atomic E-state index is 12.3. The van der Waals surface area contributed by atoms with Crippen LogP contribution >= 0.6 is 0 Å². The molecule has 5 heterocycles. The number of nitrogens with one attached hydrogen (secondary N) is 2. The highest BCUT2D eigenvalue weighted by molar-refractivity contribution is 7.89. The molecule has 0 spiro atoms. The van der Waals surface area contributed by atoms with Gasteiger partial charge in [-0.15, -0.1) is 0 Å². The summed E-state index contributed by atoms with van der Waals surface area (Å²) in [7, 11) is -6.83. The fraction of sp³-hybridized carbons (Fsp3) is 0.400. The van der Waals surface area contributed by atoms with Crippen LogP contribution < -0.4 is 5.73 Å². The average molecular weight is 511 g/mol. The Morgan fingerprint density at radius 1 is 0.882 bits per heavy atom. The number of oxazole rings is 1. The van der Waals surface area contributed by atoms with Crippen molar-refractivity contribution in [3.8, 4) is 11.6 Å². The van der Waals surface area contributed by atoms with Crippen LogP contribution in [0.15, 0.2) is 51.2 Å². The topological polar surface area (TPSA) is 175 Å². The molecule has 2 aliphatic heterocycles. The summed E-state index contributed by atoms with van der Waals surface area (Å²) in [6.07, 6.45) is 9.36. The van der Waals surface area contributed by atoms with Crippen LogP contribution in [-0.2, 0) is 20.0 Å². The lowest BCUT2D eigenvalue weighted by Crippen LogP contribution is -2.27. The van der Waals surface area contributed by atoms with Crippen molar-refractivity contribution in [3.63, 3.8) is 0 Å². The van der Waals surface area contributed by atoms with Crippen molar-refractivity contribution in [2.24, 2.45) is 5.73 Å². The molecule has 34 heavy (non-hydrogen) atoms. The number of nitrogens with zero attached hydrogens (tertiary/aromatic N) is 3. The Morgan fingerprint density at radius 2 is 1.41 bits per heavy atom. The lowest BCUT2D eigenvalue weighted by Gasteiger charge is -2.13. The van der Waals surface area contributed by atoms with Crippen LogP contribution in [0.4, 0.5) is 0 Å². The minimum absolute atomic E-state index is 0.100. The Kier molecular flexibility index (Phi) is 6.93. The number of sulfonamides is 2. The summed E-state index contributed by atoms with van der Waals surface area (Å²) in [4.78, 5) is 20.6. The highest BCUT2D eigenvalue weighted by atomic mass is 32.2. The average Bonchev–Trinajstić information content (AvgIpc) is 3.66. The molecule has 2 aliphatic rings. The summed E-state index contributed by atoms with van der Waals surface area (Å²) in [5.41, 5.74) is 5.72. The first-order chi connectivity index (χ1) is 16.2. The van der Waals surface area contributed by atoms with Gasteiger partial charge in [-0.25, -0.2) is 21.8 Å². The van der Waals surface area contributed by atoms with E-state index in [2.05, 4.69) is 15.0 Å². The van der Waals surface area contributed by atoms with Crippen LogP contribution in [0.5, 0.6) is 0 Å². The van der Waals surface area contributed by atoms with Gasteiger partial charge in [-0.2, -0.15) is 8.61 Å². The second-order valence-electron chi connectivity index (χ2n) is 7.92. The maximum Gasteiger partial charge on any atom is 0.265 e. The van der Waals surface area contributed by atoms with Crippen molar-refractivity contribution < 1.29 is 26.0 Å². The van der Waals surface area contributed by atoms with Gasteiger partial charge in [0.05, 0.1) is 6.20 Å². The molecule has 2 fully saturated rings. The van der Waals surface area contributed by atoms with Gasteiger partial charge < -0.3 is 20.1 Å². The Morgan fingerprint density at radius 3 is 1.88 bits per heavy atom. The SMILES string of the molecule is NC(=O)c1cc(S(=O)(=O)N2CCCC2)c[nH]1.O=S(=O)(c1c[nH]c(-c2ncco2)c1)N1CCCC1. The molecule has 184 valence electrons. The monoisotopic (exact) mass is 510 g/mol. The number of primary amides is 1. The molecule has 4 N–H and O–H groups in total. The van der Waals surface area contributed by atoms with E-state index in [1.807, 2.05) is 0 Å². The van der Waals surface area contributed by atoms with Gasteiger partial charge in [0.2, 0.25) is 25.9 Å². The molecule has 0 unspecified atom stereocenters. The largest absolute Gasteiger partial charge is 0.443 e. The van der Waals surface area contributed by atoms with Crippen molar-refractivity contribution in [2.75, 3.05) is 26.2 Å². The minimum atomic E-state index is -3.46. The zero-order valence-electron chi connectivity index (χ0n) is 18.3. The van der Waals surface area contributed by atoms with Gasteiger partial charge >= 0.3 is 0 Å². The highest BCUT2D eigenvalue weighted by Crippen LogP contribution is 2.25. The van der Waals surface area contributed by atoms with Crippen molar-refractivity contribution in [1.82, 2.24) is 23.6 Å². The summed E-state index contributed by atoms with van der Waals surface area (Å²) in [6, 6.07) is 2.83. The molecule has 0 aliphatic carbocycles. The van der Waals surface area contributed by atoms with Crippen LogP contribution in [0.1, 0.15) is 36.2 Å². The maximum absolute atomic E-state index is 12.3. The standard InChI is InChI=1S/C11H13N3O3S.C9H13N3O3S/c15-18(16,14-4-1-2-5-14)9-7-10(13-8-9)11-12-3-6-17-11;10-9(13)8-5-7(6-11-8)16(14,15)12-3-1-2-4-12/h3,6-8,13H,1-2,4-5H2;5-6,11H,1-4H2,(H2,10,13). The van der Waals surface area contributed by atoms with E-state index in [4.69, 9.17) is 10.2 Å². The van der Waals surface area contributed by atoms with Crippen LogP contribution in [-0.4, -0.2) is 72.5 Å². The number of aromatic amines is 2. The molecule has 0 aromatic carbocycles. The van der Waals surface area contributed by atoms with Gasteiger partial charge in [0, 0.05) is 38.6 Å². The smallest absolute Gasteiger partial charge is 0.265 e. The second kappa shape index (κ2) is 9.74. The third-order valence-electron chi connectivity index (χ3n) is 5.65. The molecule has 5 rings (SSSR count). The van der Waals surface area contributed by atoms with Crippen LogP contribution in [0.2, 0.25) is 0 Å². The summed E-state index contributed by atoms with van der Waals surface area (Å²) >= 11 is 0. The van der Waals surface area contributed by atoms with E-state index in [9.17, 15) is 21.6 Å². The first-order valence-corrected chi connectivity index (χ1v) is 13.6. The summed E-state index contributed by atoms with van der Waals surface area (Å²) < 4.78 is 56.6. The molecule has 0 atom stereocenters. The molecule has 2 saturated heterocycles. The van der Waals surface area contributed by atoms with E-state index in [-0.39, 0.29) is 15.5 Å². The molecule has 1 amide bonds. The van der Waals surface area contributed by atoms with Gasteiger partial charge in [-0.1, -0.05) is 0 Å². The predicted octanol–water partition coefficient (Wildman–Crippen LogP) is 1.35. The molecule has 0 radical (unpaired) electrons. The van der Waals surface area contributed by atoms with E-state index >= 15 is 0 Å². The first-order valence-electron chi connectivity index (χ1n) is 10.8. The van der Waals surface area contributed by atoms with Crippen molar-refractivity contribution in [1.29, 1.82) is 0 Å². The highest BCUT2D eigenvalue weighted by Gasteiger charge is 2.29. The molecule has 0 saturated carbocycles. The van der Waals surface area contributed by atoms with Gasteiger partial charge in [0.1, 0.15) is 27.4 Å². The first kappa shape index (κ1) is 24.2. The van der Waals surface area contributed by atoms with E-state index in [0.29, 0.717) is 37.8 Å². The summed E-state index contributed by atoms with van der Waals surface area (Å²) in [5.74, 6) is -0.277. The molecule has 12 nitrogen and oxygen atoms in total. The number of rotatable bonds is 6. The molecular formula is C20H26N6O6S2. The molecular weight excluding hydrogens is 484 g/mol. The fourth-order valence-corrected chi connectivity index (χ4v) is 6.85. The number of amides is 1. The zero-order valence-corrected chi connectivity index (χ0v) is 19.9. The van der Waals surface area contributed by atoms with Crippen LogP contribution in [0.25, 0.3) is 11.6 Å². The molecule has 3 aromatic rings. The third-order valence-corrected chi connectivity index (χ3v) is 9.40. The number of hydrogen-bond donors (Lipinski definition) is 3. The quantitative estimate of drug-likeness (QED) is 0.448. The number of aromatic nitrogens is 3. The number of nitrogens with two attached hydrogens (primary N) is 1. The summed E-state index contributed by atoms with van der Waals surface area (Å²) in [5, 5.41) is 0. The predicted molar refractivity (Wildman–Crippen MR) is 122 cm³/mol. The Hall–Kier alpha value is -2.94. The Balaban J connectivity index is 0.000000162. The van der Waals surface area contributed by atoms with Crippen LogP contribution in [0, 0.1) is 0 Å². The fourth-order valence-electron chi connectivity index (χ4n) is 3.82. The van der Waals surface area contributed by atoms with Crippen molar-refractivity contribution >= 4 is 26.0 Å². The Labute approximate surface area is 197 Å². The lowest BCUT2D eigenvalue weighted by atomic mass is 10.4. The third kappa shape index (κ3) is 4.94. The molecule has 3 aromatic heterocycles. The number of hydrogen-bond acceptors (Lipinski definition) is 7. The van der Waals surface area contributed by atoms with Crippen molar-refractivity contribution in [3.05, 3.63) is 42.7 Å². The number of carbonyl (C=O) groups is 1. The van der Waals surface area contributed by atoms with E-state index in [1.165, 1.54) is 39.5 Å². The van der Waals surface area contributed by atoms with E-state index < -0.39 is 26.0 Å². The van der Waals surface area contributed by atoms with Gasteiger partial charge in [0.25, 0.3) is 5.91 Å². The second-order valence-corrected chi connectivity index (χ2v) is 11.8. The van der Waals surface area contributed by atoms with Crippen molar-refractivity contribution in [2.45, 2.75) is 35.5 Å². The zero-order chi connectivity index (χ0) is 24.3.